The number of rotatable bonds is 5. The zero-order chi connectivity index (χ0) is 16.8. The van der Waals surface area contributed by atoms with Crippen molar-refractivity contribution in [1.82, 2.24) is 5.43 Å². The third kappa shape index (κ3) is 5.24. The minimum absolute atomic E-state index is 0.192. The number of halogens is 1. The summed E-state index contributed by atoms with van der Waals surface area (Å²) in [7, 11) is 0. The minimum atomic E-state index is -0.411. The van der Waals surface area contributed by atoms with Gasteiger partial charge in [0.15, 0.2) is 0 Å². The Balaban J connectivity index is 1.90. The second-order valence-corrected chi connectivity index (χ2v) is 6.40. The monoisotopic (exact) mass is 423 g/mol. The Hall–Kier alpha value is -2.09. The summed E-state index contributed by atoms with van der Waals surface area (Å²) in [6.07, 6.45) is 1.53. The molecule has 0 aliphatic heterocycles. The number of hydrogen-bond acceptors (Lipinski definition) is 4. The van der Waals surface area contributed by atoms with Crippen LogP contribution in [0.5, 0.6) is 5.75 Å². The maximum absolute atomic E-state index is 12.0. The number of phenolic OH excluding ortho intramolecular Hbond substituents is 1. The van der Waals surface area contributed by atoms with Crippen molar-refractivity contribution in [2.75, 3.05) is 5.32 Å². The van der Waals surface area contributed by atoms with Gasteiger partial charge in [-0.1, -0.05) is 0 Å². The van der Waals surface area contributed by atoms with Gasteiger partial charge < -0.3 is 10.4 Å². The van der Waals surface area contributed by atoms with Crippen LogP contribution in [0.1, 0.15) is 18.1 Å². The van der Waals surface area contributed by atoms with E-state index >= 15 is 0 Å². The van der Waals surface area contributed by atoms with E-state index < -0.39 is 6.04 Å². The van der Waals surface area contributed by atoms with Crippen LogP contribution in [0.2, 0.25) is 0 Å². The first-order valence-corrected chi connectivity index (χ1v) is 8.18. The van der Waals surface area contributed by atoms with Crippen LogP contribution >= 0.6 is 22.6 Å². The van der Waals surface area contributed by atoms with Gasteiger partial charge in [-0.2, -0.15) is 5.10 Å². The zero-order valence-corrected chi connectivity index (χ0v) is 15.0. The van der Waals surface area contributed by atoms with E-state index in [1.54, 1.807) is 31.2 Å². The lowest BCUT2D eigenvalue weighted by molar-refractivity contribution is -0.121. The Labute approximate surface area is 148 Å². The van der Waals surface area contributed by atoms with Crippen LogP contribution in [0, 0.1) is 10.5 Å². The van der Waals surface area contributed by atoms with Crippen LogP contribution < -0.4 is 10.7 Å². The molecule has 2 aromatic carbocycles. The van der Waals surface area contributed by atoms with E-state index in [1.165, 1.54) is 6.21 Å². The highest BCUT2D eigenvalue weighted by Crippen LogP contribution is 2.18. The van der Waals surface area contributed by atoms with Gasteiger partial charge in [0.05, 0.1) is 6.21 Å². The van der Waals surface area contributed by atoms with E-state index in [2.05, 4.69) is 44.5 Å². The number of carbonyl (C=O) groups is 1. The first-order chi connectivity index (χ1) is 11.0. The fourth-order valence-electron chi connectivity index (χ4n) is 1.92. The lowest BCUT2D eigenvalue weighted by Gasteiger charge is -2.15. The topological polar surface area (TPSA) is 73.7 Å². The molecule has 1 atom stereocenters. The molecule has 0 fully saturated rings. The first kappa shape index (κ1) is 17.3. The molecule has 6 heteroatoms. The Bertz CT molecular complexity index is 714. The molecule has 1 amide bonds. The predicted octanol–water partition coefficient (Wildman–Crippen LogP) is 3.26. The molecule has 0 bridgehead atoms. The molecule has 1 unspecified atom stereocenters. The van der Waals surface area contributed by atoms with Gasteiger partial charge in [0.25, 0.3) is 5.91 Å². The average molecular weight is 423 g/mol. The molecule has 2 rings (SSSR count). The standard InChI is InChI=1S/C17H18IN3O2/c1-11-9-14(18)5-8-16(11)20-12(2)17(23)21-19-10-13-3-6-15(22)7-4-13/h3-10,12,20,22H,1-2H3,(H,21,23). The van der Waals surface area contributed by atoms with Crippen molar-refractivity contribution in [2.45, 2.75) is 19.9 Å². The molecule has 0 aliphatic carbocycles. The Morgan fingerprint density at radius 2 is 1.96 bits per heavy atom. The number of anilines is 1. The molecule has 0 saturated heterocycles. The fraction of sp³-hybridized carbons (Fsp3) is 0.176. The number of benzene rings is 2. The Morgan fingerprint density at radius 3 is 2.61 bits per heavy atom. The largest absolute Gasteiger partial charge is 0.508 e. The minimum Gasteiger partial charge on any atom is -0.508 e. The zero-order valence-electron chi connectivity index (χ0n) is 12.9. The van der Waals surface area contributed by atoms with Crippen molar-refractivity contribution in [3.05, 3.63) is 57.2 Å². The molecule has 0 saturated carbocycles. The molecular weight excluding hydrogens is 405 g/mol. The van der Waals surface area contributed by atoms with Crippen molar-refractivity contribution >= 4 is 40.4 Å². The Kier molecular flexibility index (Phi) is 5.97. The summed E-state index contributed by atoms with van der Waals surface area (Å²) < 4.78 is 1.15. The molecule has 3 N–H and O–H groups in total. The van der Waals surface area contributed by atoms with Gasteiger partial charge in [0.1, 0.15) is 11.8 Å². The summed E-state index contributed by atoms with van der Waals surface area (Å²) >= 11 is 2.25. The van der Waals surface area contributed by atoms with Gasteiger partial charge in [0, 0.05) is 9.26 Å². The normalized spacial score (nSPS) is 12.1. The van der Waals surface area contributed by atoms with E-state index in [0.29, 0.717) is 0 Å². The molecule has 120 valence electrons. The van der Waals surface area contributed by atoms with Crippen LogP contribution in [0.3, 0.4) is 0 Å². The summed E-state index contributed by atoms with van der Waals surface area (Å²) in [6, 6.07) is 12.1. The van der Waals surface area contributed by atoms with Crippen LogP contribution in [0.25, 0.3) is 0 Å². The smallest absolute Gasteiger partial charge is 0.262 e. The lowest BCUT2D eigenvalue weighted by atomic mass is 10.2. The van der Waals surface area contributed by atoms with E-state index in [4.69, 9.17) is 0 Å². The van der Waals surface area contributed by atoms with Gasteiger partial charge >= 0.3 is 0 Å². The van der Waals surface area contributed by atoms with Crippen molar-refractivity contribution in [3.63, 3.8) is 0 Å². The van der Waals surface area contributed by atoms with Crippen LogP contribution in [0.15, 0.2) is 47.6 Å². The van der Waals surface area contributed by atoms with E-state index in [0.717, 1.165) is 20.4 Å². The fourth-order valence-corrected chi connectivity index (χ4v) is 2.56. The second-order valence-electron chi connectivity index (χ2n) is 5.15. The average Bonchev–Trinajstić information content (AvgIpc) is 2.51. The van der Waals surface area contributed by atoms with Crippen LogP contribution in [-0.4, -0.2) is 23.3 Å². The van der Waals surface area contributed by atoms with Crippen molar-refractivity contribution in [1.29, 1.82) is 0 Å². The van der Waals surface area contributed by atoms with Gasteiger partial charge in [-0.25, -0.2) is 5.43 Å². The third-order valence-electron chi connectivity index (χ3n) is 3.24. The lowest BCUT2D eigenvalue weighted by Crippen LogP contribution is -2.35. The predicted molar refractivity (Wildman–Crippen MR) is 101 cm³/mol. The quantitative estimate of drug-likeness (QED) is 0.393. The second kappa shape index (κ2) is 7.96. The van der Waals surface area contributed by atoms with Gasteiger partial charge in [-0.15, -0.1) is 0 Å². The van der Waals surface area contributed by atoms with Crippen molar-refractivity contribution in [3.8, 4) is 5.75 Å². The highest BCUT2D eigenvalue weighted by molar-refractivity contribution is 14.1. The summed E-state index contributed by atoms with van der Waals surface area (Å²) in [5, 5.41) is 16.3. The molecule has 0 aliphatic rings. The molecule has 2 aromatic rings. The molecule has 0 heterocycles. The molecule has 0 spiro atoms. The van der Waals surface area contributed by atoms with E-state index in [9.17, 15) is 9.90 Å². The number of aromatic hydroxyl groups is 1. The highest BCUT2D eigenvalue weighted by Gasteiger charge is 2.12. The van der Waals surface area contributed by atoms with Gasteiger partial charge in [-0.3, -0.25) is 4.79 Å². The number of aryl methyl sites for hydroxylation is 1. The van der Waals surface area contributed by atoms with Crippen LogP contribution in [0.4, 0.5) is 5.69 Å². The molecular formula is C17H18IN3O2. The summed E-state index contributed by atoms with van der Waals surface area (Å²) in [5.74, 6) is -0.0325. The summed E-state index contributed by atoms with van der Waals surface area (Å²) in [6.45, 7) is 3.78. The number of nitrogens with zero attached hydrogens (tertiary/aromatic N) is 1. The van der Waals surface area contributed by atoms with Crippen molar-refractivity contribution < 1.29 is 9.90 Å². The van der Waals surface area contributed by atoms with E-state index in [-0.39, 0.29) is 11.7 Å². The molecule has 0 aromatic heterocycles. The number of phenols is 1. The maximum atomic E-state index is 12.0. The van der Waals surface area contributed by atoms with Crippen molar-refractivity contribution in [2.24, 2.45) is 5.10 Å². The molecule has 5 nitrogen and oxygen atoms in total. The first-order valence-electron chi connectivity index (χ1n) is 7.10. The number of nitrogens with one attached hydrogen (secondary N) is 2. The SMILES string of the molecule is Cc1cc(I)ccc1NC(C)C(=O)NN=Cc1ccc(O)cc1. The van der Waals surface area contributed by atoms with E-state index in [1.807, 2.05) is 19.1 Å². The van der Waals surface area contributed by atoms with Gasteiger partial charge in [-0.05, 0) is 90.0 Å². The number of hydrazone groups is 1. The summed E-state index contributed by atoms with van der Waals surface area (Å²) in [5.41, 5.74) is 5.30. The highest BCUT2D eigenvalue weighted by atomic mass is 127. The van der Waals surface area contributed by atoms with Crippen LogP contribution in [-0.2, 0) is 4.79 Å². The Morgan fingerprint density at radius 1 is 1.26 bits per heavy atom. The molecule has 23 heavy (non-hydrogen) atoms. The third-order valence-corrected chi connectivity index (χ3v) is 3.91. The summed E-state index contributed by atoms with van der Waals surface area (Å²) in [4.78, 5) is 12.0. The number of carbonyl (C=O) groups excluding carboxylic acids is 1. The number of hydrogen-bond donors (Lipinski definition) is 3. The maximum Gasteiger partial charge on any atom is 0.262 e. The number of amides is 1. The molecule has 0 radical (unpaired) electrons. The van der Waals surface area contributed by atoms with Gasteiger partial charge in [0.2, 0.25) is 0 Å².